The molecule has 2 aromatic rings. The Hall–Kier alpha value is -1.98. The van der Waals surface area contributed by atoms with Crippen molar-refractivity contribution in [1.29, 1.82) is 0 Å². The molecule has 0 aromatic carbocycles. The molecule has 0 saturated heterocycles. The molecule has 2 rings (SSSR count). The number of aromatic nitrogens is 5. The zero-order valence-corrected chi connectivity index (χ0v) is 9.38. The summed E-state index contributed by atoms with van der Waals surface area (Å²) in [6.45, 7) is 4.05. The molecular formula is C10H14N6. The average Bonchev–Trinajstić information content (AvgIpc) is 2.72. The van der Waals surface area contributed by atoms with Gasteiger partial charge in [-0.15, -0.1) is 5.10 Å². The van der Waals surface area contributed by atoms with Gasteiger partial charge in [0.15, 0.2) is 11.6 Å². The Morgan fingerprint density at radius 2 is 2.06 bits per heavy atom. The summed E-state index contributed by atoms with van der Waals surface area (Å²) in [7, 11) is 0. The average molecular weight is 218 g/mol. The van der Waals surface area contributed by atoms with E-state index in [-0.39, 0.29) is 0 Å². The number of aryl methyl sites for hydroxylation is 2. The maximum absolute atomic E-state index is 5.61. The SMILES string of the molecule is CCc1nc(CC)n(-c2cc(N)ncn2)n1. The highest BCUT2D eigenvalue weighted by molar-refractivity contribution is 5.35. The Morgan fingerprint density at radius 1 is 1.25 bits per heavy atom. The lowest BCUT2D eigenvalue weighted by Crippen LogP contribution is -2.06. The third-order valence-electron chi connectivity index (χ3n) is 2.24. The first-order valence-corrected chi connectivity index (χ1v) is 5.27. The maximum atomic E-state index is 5.61. The molecule has 6 nitrogen and oxygen atoms in total. The van der Waals surface area contributed by atoms with Gasteiger partial charge in [0.1, 0.15) is 18.0 Å². The van der Waals surface area contributed by atoms with E-state index in [2.05, 4.69) is 20.1 Å². The monoisotopic (exact) mass is 218 g/mol. The molecule has 0 aliphatic heterocycles. The topological polar surface area (TPSA) is 82.5 Å². The molecule has 0 fully saturated rings. The van der Waals surface area contributed by atoms with Crippen LogP contribution in [0.1, 0.15) is 25.5 Å². The first-order valence-electron chi connectivity index (χ1n) is 5.27. The van der Waals surface area contributed by atoms with E-state index >= 15 is 0 Å². The molecule has 0 radical (unpaired) electrons. The lowest BCUT2D eigenvalue weighted by atomic mass is 10.4. The van der Waals surface area contributed by atoms with Gasteiger partial charge < -0.3 is 5.73 Å². The van der Waals surface area contributed by atoms with Crippen molar-refractivity contribution < 1.29 is 0 Å². The molecule has 2 heterocycles. The summed E-state index contributed by atoms with van der Waals surface area (Å²) in [6.07, 6.45) is 3.04. The summed E-state index contributed by atoms with van der Waals surface area (Å²) in [5, 5.41) is 4.37. The van der Waals surface area contributed by atoms with Gasteiger partial charge in [-0.05, 0) is 0 Å². The molecule has 0 aliphatic rings. The van der Waals surface area contributed by atoms with Gasteiger partial charge in [-0.3, -0.25) is 0 Å². The standard InChI is InChI=1S/C10H14N6/c1-3-8-14-9(4-2)16(15-8)10-5-7(11)12-6-13-10/h5-6H,3-4H2,1-2H3,(H2,11,12,13). The van der Waals surface area contributed by atoms with Crippen molar-refractivity contribution >= 4 is 5.82 Å². The summed E-state index contributed by atoms with van der Waals surface area (Å²) in [6, 6.07) is 1.69. The van der Waals surface area contributed by atoms with Crippen LogP contribution in [-0.4, -0.2) is 24.7 Å². The quantitative estimate of drug-likeness (QED) is 0.822. The largest absolute Gasteiger partial charge is 0.384 e. The van der Waals surface area contributed by atoms with Gasteiger partial charge in [-0.25, -0.2) is 15.0 Å². The van der Waals surface area contributed by atoms with Crippen LogP contribution in [0.3, 0.4) is 0 Å². The third kappa shape index (κ3) is 1.86. The summed E-state index contributed by atoms with van der Waals surface area (Å²) >= 11 is 0. The van der Waals surface area contributed by atoms with Crippen molar-refractivity contribution in [2.45, 2.75) is 26.7 Å². The number of nitrogens with two attached hydrogens (primary N) is 1. The summed E-state index contributed by atoms with van der Waals surface area (Å²) in [5.74, 6) is 2.79. The van der Waals surface area contributed by atoms with Gasteiger partial charge in [0.05, 0.1) is 0 Å². The van der Waals surface area contributed by atoms with E-state index in [9.17, 15) is 0 Å². The smallest absolute Gasteiger partial charge is 0.160 e. The van der Waals surface area contributed by atoms with Crippen LogP contribution in [0.25, 0.3) is 5.82 Å². The lowest BCUT2D eigenvalue weighted by molar-refractivity contribution is 0.766. The van der Waals surface area contributed by atoms with Crippen molar-refractivity contribution in [3.63, 3.8) is 0 Å². The van der Waals surface area contributed by atoms with Crippen LogP contribution in [0.2, 0.25) is 0 Å². The maximum Gasteiger partial charge on any atom is 0.160 e. The van der Waals surface area contributed by atoms with E-state index in [1.807, 2.05) is 13.8 Å². The van der Waals surface area contributed by atoms with Crippen LogP contribution in [0.15, 0.2) is 12.4 Å². The Balaban J connectivity index is 2.50. The Bertz CT molecular complexity index is 490. The molecule has 6 heteroatoms. The predicted molar refractivity (Wildman–Crippen MR) is 60.1 cm³/mol. The van der Waals surface area contributed by atoms with Crippen LogP contribution in [0, 0.1) is 0 Å². The van der Waals surface area contributed by atoms with Gasteiger partial charge in [0, 0.05) is 18.9 Å². The zero-order chi connectivity index (χ0) is 11.5. The van der Waals surface area contributed by atoms with Crippen LogP contribution in [-0.2, 0) is 12.8 Å². The van der Waals surface area contributed by atoms with Gasteiger partial charge in [0.25, 0.3) is 0 Å². The first-order chi connectivity index (χ1) is 7.74. The summed E-state index contributed by atoms with van der Waals surface area (Å²) < 4.78 is 1.72. The van der Waals surface area contributed by atoms with Gasteiger partial charge in [-0.1, -0.05) is 13.8 Å². The summed E-state index contributed by atoms with van der Waals surface area (Å²) in [4.78, 5) is 12.4. The molecule has 16 heavy (non-hydrogen) atoms. The highest BCUT2D eigenvalue weighted by Gasteiger charge is 2.10. The Labute approximate surface area is 93.6 Å². The molecule has 0 amide bonds. The second-order valence-electron chi connectivity index (χ2n) is 3.36. The molecule has 0 saturated carbocycles. The van der Waals surface area contributed by atoms with E-state index in [4.69, 9.17) is 5.73 Å². The van der Waals surface area contributed by atoms with Crippen molar-refractivity contribution in [3.8, 4) is 5.82 Å². The van der Waals surface area contributed by atoms with Gasteiger partial charge in [-0.2, -0.15) is 4.68 Å². The predicted octanol–water partition coefficient (Wildman–Crippen LogP) is 0.764. The Kier molecular flexibility index (Phi) is 2.80. The van der Waals surface area contributed by atoms with E-state index < -0.39 is 0 Å². The normalized spacial score (nSPS) is 10.6. The van der Waals surface area contributed by atoms with E-state index in [1.165, 1.54) is 6.33 Å². The van der Waals surface area contributed by atoms with E-state index in [1.54, 1.807) is 10.7 Å². The minimum atomic E-state index is 0.431. The minimum absolute atomic E-state index is 0.431. The minimum Gasteiger partial charge on any atom is -0.384 e. The number of hydrogen-bond donors (Lipinski definition) is 1. The second kappa shape index (κ2) is 4.26. The molecule has 2 aromatic heterocycles. The molecule has 0 aliphatic carbocycles. The Morgan fingerprint density at radius 3 is 2.69 bits per heavy atom. The molecular weight excluding hydrogens is 204 g/mol. The first kappa shape index (κ1) is 10.5. The van der Waals surface area contributed by atoms with Crippen molar-refractivity contribution in [2.24, 2.45) is 0 Å². The van der Waals surface area contributed by atoms with Crippen molar-refractivity contribution in [1.82, 2.24) is 24.7 Å². The fraction of sp³-hybridized carbons (Fsp3) is 0.400. The lowest BCUT2D eigenvalue weighted by Gasteiger charge is -2.02. The van der Waals surface area contributed by atoms with Gasteiger partial charge >= 0.3 is 0 Å². The van der Waals surface area contributed by atoms with Crippen LogP contribution < -0.4 is 5.73 Å². The zero-order valence-electron chi connectivity index (χ0n) is 9.38. The van der Waals surface area contributed by atoms with Gasteiger partial charge in [0.2, 0.25) is 0 Å². The fourth-order valence-corrected chi connectivity index (χ4v) is 1.43. The molecule has 0 spiro atoms. The number of nitrogens with zero attached hydrogens (tertiary/aromatic N) is 5. The highest BCUT2D eigenvalue weighted by atomic mass is 15.4. The third-order valence-corrected chi connectivity index (χ3v) is 2.24. The molecule has 0 atom stereocenters. The number of anilines is 1. The second-order valence-corrected chi connectivity index (χ2v) is 3.36. The van der Waals surface area contributed by atoms with Crippen molar-refractivity contribution in [3.05, 3.63) is 24.0 Å². The fourth-order valence-electron chi connectivity index (χ4n) is 1.43. The van der Waals surface area contributed by atoms with E-state index in [0.29, 0.717) is 11.6 Å². The molecule has 2 N–H and O–H groups in total. The van der Waals surface area contributed by atoms with Crippen molar-refractivity contribution in [2.75, 3.05) is 5.73 Å². The number of hydrogen-bond acceptors (Lipinski definition) is 5. The molecule has 84 valence electrons. The number of nitrogen functional groups attached to an aromatic ring is 1. The van der Waals surface area contributed by atoms with E-state index in [0.717, 1.165) is 24.5 Å². The van der Waals surface area contributed by atoms with Crippen LogP contribution in [0.4, 0.5) is 5.82 Å². The van der Waals surface area contributed by atoms with Crippen LogP contribution >= 0.6 is 0 Å². The molecule has 0 unspecified atom stereocenters. The molecule has 0 bridgehead atoms. The summed E-state index contributed by atoms with van der Waals surface area (Å²) in [5.41, 5.74) is 5.61. The highest BCUT2D eigenvalue weighted by Crippen LogP contribution is 2.09. The number of rotatable bonds is 3. The van der Waals surface area contributed by atoms with Crippen LogP contribution in [0.5, 0.6) is 0 Å².